The zero-order valence-corrected chi connectivity index (χ0v) is 11.2. The molecule has 2 aromatic heterocycles. The molecule has 0 spiro atoms. The van der Waals surface area contributed by atoms with Crippen molar-refractivity contribution >= 4 is 11.3 Å². The molecule has 0 atom stereocenters. The molecule has 0 radical (unpaired) electrons. The summed E-state index contributed by atoms with van der Waals surface area (Å²) in [6, 6.07) is 0. The van der Waals surface area contributed by atoms with Crippen LogP contribution in [-0.4, -0.2) is 24.5 Å². The van der Waals surface area contributed by atoms with E-state index < -0.39 is 0 Å². The van der Waals surface area contributed by atoms with Crippen LogP contribution in [0.25, 0.3) is 0 Å². The van der Waals surface area contributed by atoms with Gasteiger partial charge in [-0.3, -0.25) is 4.57 Å². The van der Waals surface area contributed by atoms with Crippen LogP contribution in [0.1, 0.15) is 30.8 Å². The Labute approximate surface area is 103 Å². The van der Waals surface area contributed by atoms with Gasteiger partial charge >= 0.3 is 5.69 Å². The highest BCUT2D eigenvalue weighted by atomic mass is 32.1. The molecule has 0 unspecified atom stereocenters. The van der Waals surface area contributed by atoms with Crippen LogP contribution in [-0.2, 0) is 12.1 Å². The maximum Gasteiger partial charge on any atom is 0.346 e. The summed E-state index contributed by atoms with van der Waals surface area (Å²) in [6.07, 6.45) is 1.55. The Bertz CT molecular complexity index is 574. The van der Waals surface area contributed by atoms with E-state index in [1.807, 2.05) is 27.7 Å². The van der Waals surface area contributed by atoms with E-state index in [-0.39, 0.29) is 11.2 Å². The molecule has 92 valence electrons. The minimum absolute atomic E-state index is 0.120. The van der Waals surface area contributed by atoms with Crippen molar-refractivity contribution in [2.45, 2.75) is 39.8 Å². The van der Waals surface area contributed by atoms with Gasteiger partial charge in [0.2, 0.25) is 0 Å². The molecule has 0 saturated carbocycles. The van der Waals surface area contributed by atoms with E-state index >= 15 is 0 Å². The molecule has 7 heteroatoms. The largest absolute Gasteiger partial charge is 0.346 e. The van der Waals surface area contributed by atoms with E-state index in [1.54, 1.807) is 10.9 Å². The van der Waals surface area contributed by atoms with E-state index in [4.69, 9.17) is 0 Å². The van der Waals surface area contributed by atoms with Gasteiger partial charge in [-0.2, -0.15) is 5.10 Å². The maximum atomic E-state index is 12.0. The molecule has 0 aliphatic rings. The first-order valence-electron chi connectivity index (χ1n) is 5.32. The Morgan fingerprint density at radius 2 is 2.06 bits per heavy atom. The van der Waals surface area contributed by atoms with Crippen LogP contribution in [0, 0.1) is 6.92 Å². The fourth-order valence-corrected chi connectivity index (χ4v) is 2.16. The normalized spacial score (nSPS) is 12.0. The van der Waals surface area contributed by atoms with Crippen molar-refractivity contribution in [3.8, 4) is 0 Å². The highest BCUT2D eigenvalue weighted by molar-refractivity contribution is 7.11. The molecule has 0 fully saturated rings. The lowest BCUT2D eigenvalue weighted by Crippen LogP contribution is -2.35. The van der Waals surface area contributed by atoms with Gasteiger partial charge in [-0.05, 0) is 27.7 Å². The first kappa shape index (κ1) is 12.0. The van der Waals surface area contributed by atoms with Gasteiger partial charge < -0.3 is 0 Å². The number of nitrogens with zero attached hydrogens (tertiary/aromatic N) is 5. The Morgan fingerprint density at radius 3 is 2.53 bits per heavy atom. The number of hydrogen-bond acceptors (Lipinski definition) is 5. The molecular weight excluding hydrogens is 238 g/mol. The summed E-state index contributed by atoms with van der Waals surface area (Å²) in [4.78, 5) is 12.0. The molecule has 0 aliphatic heterocycles. The summed E-state index contributed by atoms with van der Waals surface area (Å²) < 4.78 is 3.02. The second-order valence-corrected chi connectivity index (χ2v) is 6.11. The number of rotatable bonds is 2. The van der Waals surface area contributed by atoms with Gasteiger partial charge in [0.15, 0.2) is 0 Å². The summed E-state index contributed by atoms with van der Waals surface area (Å²) in [5, 5.41) is 13.7. The molecule has 0 N–H and O–H groups in total. The van der Waals surface area contributed by atoms with E-state index in [2.05, 4.69) is 15.3 Å². The molecule has 0 amide bonds. The van der Waals surface area contributed by atoms with E-state index in [1.165, 1.54) is 16.0 Å². The zero-order chi connectivity index (χ0) is 12.6. The van der Waals surface area contributed by atoms with Crippen LogP contribution in [0.15, 0.2) is 11.1 Å². The quantitative estimate of drug-likeness (QED) is 0.801. The molecular formula is C10H15N5OS. The van der Waals surface area contributed by atoms with Crippen LogP contribution in [0.5, 0.6) is 0 Å². The Kier molecular flexibility index (Phi) is 2.86. The van der Waals surface area contributed by atoms with Gasteiger partial charge in [-0.25, -0.2) is 9.48 Å². The van der Waals surface area contributed by atoms with Gasteiger partial charge in [-0.1, -0.05) is 11.3 Å². The van der Waals surface area contributed by atoms with Crippen molar-refractivity contribution in [1.29, 1.82) is 0 Å². The van der Waals surface area contributed by atoms with Gasteiger partial charge in [0.05, 0.1) is 12.1 Å². The molecule has 2 heterocycles. The Balaban J connectivity index is 2.30. The number of hydrogen-bond donors (Lipinski definition) is 0. The lowest BCUT2D eigenvalue weighted by atomic mass is 10.1. The highest BCUT2D eigenvalue weighted by Gasteiger charge is 2.18. The summed E-state index contributed by atoms with van der Waals surface area (Å²) in [6.45, 7) is 8.16. The smallest absolute Gasteiger partial charge is 0.274 e. The first-order chi connectivity index (χ1) is 7.88. The molecule has 6 nitrogen and oxygen atoms in total. The number of aromatic nitrogens is 5. The number of aryl methyl sites for hydroxylation is 1. The minimum atomic E-state index is -0.306. The summed E-state index contributed by atoms with van der Waals surface area (Å²) >= 11 is 1.49. The van der Waals surface area contributed by atoms with Gasteiger partial charge in [0.1, 0.15) is 16.3 Å². The van der Waals surface area contributed by atoms with Crippen molar-refractivity contribution in [3.05, 3.63) is 26.8 Å². The van der Waals surface area contributed by atoms with Crippen molar-refractivity contribution in [2.75, 3.05) is 0 Å². The van der Waals surface area contributed by atoms with Crippen molar-refractivity contribution in [2.24, 2.45) is 0 Å². The Morgan fingerprint density at radius 1 is 1.35 bits per heavy atom. The lowest BCUT2D eigenvalue weighted by Gasteiger charge is -2.16. The second kappa shape index (κ2) is 4.06. The first-order valence-corrected chi connectivity index (χ1v) is 6.13. The standard InChI is InChI=1S/C10H15N5OS/c1-7-12-13-8(17-7)5-14-6-11-15(9(14)16)10(2,3)4/h6H,5H2,1-4H3. The van der Waals surface area contributed by atoms with Gasteiger partial charge in [-0.15, -0.1) is 10.2 Å². The summed E-state index contributed by atoms with van der Waals surface area (Å²) in [5.41, 5.74) is -0.426. The molecule has 0 bridgehead atoms. The van der Waals surface area contributed by atoms with E-state index in [9.17, 15) is 4.79 Å². The van der Waals surface area contributed by atoms with Gasteiger partial charge in [0, 0.05) is 0 Å². The van der Waals surface area contributed by atoms with Crippen molar-refractivity contribution < 1.29 is 0 Å². The molecule has 0 saturated heterocycles. The average Bonchev–Trinajstić information content (AvgIpc) is 2.74. The third-order valence-electron chi connectivity index (χ3n) is 2.24. The molecule has 0 aliphatic carbocycles. The predicted molar refractivity (Wildman–Crippen MR) is 65.2 cm³/mol. The molecule has 0 aromatic carbocycles. The third kappa shape index (κ3) is 2.44. The Hall–Kier alpha value is -1.50. The van der Waals surface area contributed by atoms with Crippen LogP contribution < -0.4 is 5.69 Å². The maximum absolute atomic E-state index is 12.0. The van der Waals surface area contributed by atoms with Crippen LogP contribution in [0.4, 0.5) is 0 Å². The third-order valence-corrected chi connectivity index (χ3v) is 3.07. The predicted octanol–water partition coefficient (Wildman–Crippen LogP) is 1.01. The van der Waals surface area contributed by atoms with Crippen LogP contribution in [0.3, 0.4) is 0 Å². The van der Waals surface area contributed by atoms with Crippen LogP contribution in [0.2, 0.25) is 0 Å². The van der Waals surface area contributed by atoms with Gasteiger partial charge in [0.25, 0.3) is 0 Å². The summed E-state index contributed by atoms with van der Waals surface area (Å²) in [7, 11) is 0. The zero-order valence-electron chi connectivity index (χ0n) is 10.3. The topological polar surface area (TPSA) is 65.6 Å². The van der Waals surface area contributed by atoms with E-state index in [0.29, 0.717) is 6.54 Å². The summed E-state index contributed by atoms with van der Waals surface area (Å²) in [5.74, 6) is 0. The monoisotopic (exact) mass is 253 g/mol. The second-order valence-electron chi connectivity index (χ2n) is 4.84. The SMILES string of the molecule is Cc1nnc(Cn2cnn(C(C)(C)C)c2=O)s1. The lowest BCUT2D eigenvalue weighted by molar-refractivity contribution is 0.340. The van der Waals surface area contributed by atoms with Crippen LogP contribution >= 0.6 is 11.3 Å². The van der Waals surface area contributed by atoms with Crippen molar-refractivity contribution in [3.63, 3.8) is 0 Å². The fourth-order valence-electron chi connectivity index (χ4n) is 1.45. The van der Waals surface area contributed by atoms with E-state index in [0.717, 1.165) is 10.0 Å². The average molecular weight is 253 g/mol. The minimum Gasteiger partial charge on any atom is -0.274 e. The molecule has 2 rings (SSSR count). The molecule has 17 heavy (non-hydrogen) atoms. The van der Waals surface area contributed by atoms with Crippen molar-refractivity contribution in [1.82, 2.24) is 24.5 Å². The fraction of sp³-hybridized carbons (Fsp3) is 0.600. The molecule has 2 aromatic rings. The highest BCUT2D eigenvalue weighted by Crippen LogP contribution is 2.10.